The third-order valence-electron chi connectivity index (χ3n) is 5.52. The van der Waals surface area contributed by atoms with Crippen molar-refractivity contribution in [1.82, 2.24) is 24.4 Å². The number of aryl methyl sites for hydroxylation is 3. The van der Waals surface area contributed by atoms with Crippen LogP contribution in [-0.2, 0) is 11.8 Å². The van der Waals surface area contributed by atoms with Crippen LogP contribution in [0.2, 0.25) is 0 Å². The Morgan fingerprint density at radius 2 is 1.88 bits per heavy atom. The lowest BCUT2D eigenvalue weighted by molar-refractivity contribution is -0.117. The number of carbonyl (C=O) groups is 2. The molecule has 168 valence electrons. The highest BCUT2D eigenvalue weighted by molar-refractivity contribution is 6.03. The first-order valence-corrected chi connectivity index (χ1v) is 10.6. The van der Waals surface area contributed by atoms with Crippen molar-refractivity contribution in [1.29, 1.82) is 0 Å². The van der Waals surface area contributed by atoms with Gasteiger partial charge in [0.2, 0.25) is 11.8 Å². The molecule has 1 aliphatic rings. The molecule has 2 amide bonds. The molecule has 1 aromatic carbocycles. The van der Waals surface area contributed by atoms with Gasteiger partial charge in [0.15, 0.2) is 17.2 Å². The molecule has 0 radical (unpaired) electrons. The minimum Gasteiger partial charge on any atom is -0.438 e. The van der Waals surface area contributed by atoms with E-state index < -0.39 is 0 Å². The van der Waals surface area contributed by atoms with E-state index >= 15 is 0 Å². The summed E-state index contributed by atoms with van der Waals surface area (Å²) >= 11 is 0. The Bertz CT molecular complexity index is 1360. The van der Waals surface area contributed by atoms with Crippen LogP contribution < -0.4 is 15.4 Å². The molecule has 0 atom stereocenters. The highest BCUT2D eigenvalue weighted by Gasteiger charge is 2.30. The standard InChI is InChI=1S/C23H23N7O3/c1-13-4-7-16(11-17(13)24-23(32)18-10-14(2)29(3)27-18)33-21-9-8-20-25-19(12-30(20)28-21)26-22(31)15-5-6-15/h4,7-12,15H,5-6H2,1-3H3,(H,24,32)(H,26,31). The number of rotatable bonds is 6. The first kappa shape index (κ1) is 20.7. The van der Waals surface area contributed by atoms with Crippen LogP contribution >= 0.6 is 0 Å². The molecule has 4 aromatic rings. The third-order valence-corrected chi connectivity index (χ3v) is 5.52. The lowest BCUT2D eigenvalue weighted by atomic mass is 10.2. The van der Waals surface area contributed by atoms with E-state index in [1.807, 2.05) is 19.9 Å². The van der Waals surface area contributed by atoms with Crippen molar-refractivity contribution in [3.63, 3.8) is 0 Å². The second-order valence-corrected chi connectivity index (χ2v) is 8.19. The van der Waals surface area contributed by atoms with E-state index in [2.05, 4.69) is 25.8 Å². The lowest BCUT2D eigenvalue weighted by Gasteiger charge is -2.10. The quantitative estimate of drug-likeness (QED) is 0.470. The number of fused-ring (bicyclic) bond motifs is 1. The van der Waals surface area contributed by atoms with Gasteiger partial charge in [0.1, 0.15) is 5.75 Å². The van der Waals surface area contributed by atoms with Gasteiger partial charge in [0.05, 0.1) is 6.20 Å². The smallest absolute Gasteiger partial charge is 0.276 e. The van der Waals surface area contributed by atoms with Crippen LogP contribution in [0, 0.1) is 19.8 Å². The maximum absolute atomic E-state index is 12.6. The number of aromatic nitrogens is 5. The van der Waals surface area contributed by atoms with Gasteiger partial charge in [-0.15, -0.1) is 5.10 Å². The minimum atomic E-state index is -0.294. The Kier molecular flexibility index (Phi) is 5.04. The molecule has 0 unspecified atom stereocenters. The molecule has 10 heteroatoms. The third kappa shape index (κ3) is 4.40. The summed E-state index contributed by atoms with van der Waals surface area (Å²) in [5, 5.41) is 14.3. The summed E-state index contributed by atoms with van der Waals surface area (Å²) in [6.07, 6.45) is 3.50. The Morgan fingerprint density at radius 3 is 2.61 bits per heavy atom. The first-order valence-electron chi connectivity index (χ1n) is 10.6. The number of imidazole rings is 1. The fourth-order valence-electron chi connectivity index (χ4n) is 3.33. The molecule has 10 nitrogen and oxygen atoms in total. The van der Waals surface area contributed by atoms with E-state index in [4.69, 9.17) is 4.74 Å². The van der Waals surface area contributed by atoms with Gasteiger partial charge in [-0.1, -0.05) is 6.07 Å². The summed E-state index contributed by atoms with van der Waals surface area (Å²) in [5.41, 5.74) is 3.34. The van der Waals surface area contributed by atoms with Crippen molar-refractivity contribution in [3.05, 3.63) is 59.5 Å². The van der Waals surface area contributed by atoms with Crippen molar-refractivity contribution in [2.75, 3.05) is 10.6 Å². The van der Waals surface area contributed by atoms with E-state index in [1.54, 1.807) is 52.8 Å². The lowest BCUT2D eigenvalue weighted by Crippen LogP contribution is -2.14. The van der Waals surface area contributed by atoms with Gasteiger partial charge in [0, 0.05) is 36.5 Å². The molecule has 1 fully saturated rings. The van der Waals surface area contributed by atoms with Crippen molar-refractivity contribution in [2.24, 2.45) is 13.0 Å². The Morgan fingerprint density at radius 1 is 1.06 bits per heavy atom. The molecule has 3 aromatic heterocycles. The number of hydrogen-bond donors (Lipinski definition) is 2. The molecule has 0 saturated heterocycles. The highest BCUT2D eigenvalue weighted by atomic mass is 16.5. The van der Waals surface area contributed by atoms with E-state index in [9.17, 15) is 9.59 Å². The Hall–Kier alpha value is -4.21. The van der Waals surface area contributed by atoms with Crippen molar-refractivity contribution in [2.45, 2.75) is 26.7 Å². The van der Waals surface area contributed by atoms with Crippen LogP contribution in [0.15, 0.2) is 42.6 Å². The summed E-state index contributed by atoms with van der Waals surface area (Å²) < 4.78 is 9.12. The zero-order valence-electron chi connectivity index (χ0n) is 18.5. The molecule has 0 aliphatic heterocycles. The number of benzene rings is 1. The van der Waals surface area contributed by atoms with Crippen LogP contribution in [0.1, 0.15) is 34.6 Å². The van der Waals surface area contributed by atoms with Gasteiger partial charge in [-0.05, 0) is 50.5 Å². The number of nitrogens with zero attached hydrogens (tertiary/aromatic N) is 5. The fraction of sp³-hybridized carbons (Fsp3) is 0.261. The maximum Gasteiger partial charge on any atom is 0.276 e. The molecule has 1 aliphatic carbocycles. The van der Waals surface area contributed by atoms with E-state index in [-0.39, 0.29) is 17.7 Å². The Balaban J connectivity index is 1.32. The largest absolute Gasteiger partial charge is 0.438 e. The number of amides is 2. The summed E-state index contributed by atoms with van der Waals surface area (Å²) in [6.45, 7) is 3.79. The molecular weight excluding hydrogens is 422 g/mol. The van der Waals surface area contributed by atoms with Crippen LogP contribution in [0.25, 0.3) is 5.65 Å². The van der Waals surface area contributed by atoms with Crippen LogP contribution in [0.4, 0.5) is 11.5 Å². The van der Waals surface area contributed by atoms with E-state index in [0.717, 1.165) is 24.1 Å². The minimum absolute atomic E-state index is 0.00928. The van der Waals surface area contributed by atoms with Crippen LogP contribution in [0.3, 0.4) is 0 Å². The van der Waals surface area contributed by atoms with Crippen molar-refractivity contribution in [3.8, 4) is 11.6 Å². The zero-order valence-corrected chi connectivity index (χ0v) is 18.5. The summed E-state index contributed by atoms with van der Waals surface area (Å²) in [7, 11) is 1.79. The summed E-state index contributed by atoms with van der Waals surface area (Å²) in [5.74, 6) is 1.12. The highest BCUT2D eigenvalue weighted by Crippen LogP contribution is 2.30. The average molecular weight is 445 g/mol. The topological polar surface area (TPSA) is 115 Å². The summed E-state index contributed by atoms with van der Waals surface area (Å²) in [6, 6.07) is 10.6. The number of hydrogen-bond acceptors (Lipinski definition) is 6. The number of anilines is 2. The first-order chi connectivity index (χ1) is 15.9. The molecule has 5 rings (SSSR count). The van der Waals surface area contributed by atoms with E-state index in [0.29, 0.717) is 34.5 Å². The van der Waals surface area contributed by atoms with Crippen LogP contribution in [0.5, 0.6) is 11.6 Å². The Labute approximate surface area is 189 Å². The monoisotopic (exact) mass is 445 g/mol. The van der Waals surface area contributed by atoms with Gasteiger partial charge in [-0.2, -0.15) is 5.10 Å². The molecule has 33 heavy (non-hydrogen) atoms. The zero-order chi connectivity index (χ0) is 23.1. The molecule has 0 spiro atoms. The molecule has 0 bridgehead atoms. The summed E-state index contributed by atoms with van der Waals surface area (Å²) in [4.78, 5) is 28.9. The average Bonchev–Trinajstić information content (AvgIpc) is 3.48. The van der Waals surface area contributed by atoms with Gasteiger partial charge in [-0.3, -0.25) is 14.3 Å². The molecule has 3 heterocycles. The predicted molar refractivity (Wildman–Crippen MR) is 121 cm³/mol. The van der Waals surface area contributed by atoms with Crippen LogP contribution in [-0.4, -0.2) is 36.2 Å². The maximum atomic E-state index is 12.6. The second kappa shape index (κ2) is 8.05. The second-order valence-electron chi connectivity index (χ2n) is 8.19. The number of nitrogens with one attached hydrogen (secondary N) is 2. The molecule has 1 saturated carbocycles. The number of ether oxygens (including phenoxy) is 1. The number of carbonyl (C=O) groups excluding carboxylic acids is 2. The van der Waals surface area contributed by atoms with Crippen molar-refractivity contribution >= 4 is 29.0 Å². The fourth-order valence-corrected chi connectivity index (χ4v) is 3.33. The van der Waals surface area contributed by atoms with Gasteiger partial charge in [-0.25, -0.2) is 9.50 Å². The van der Waals surface area contributed by atoms with E-state index in [1.165, 1.54) is 0 Å². The van der Waals surface area contributed by atoms with Crippen molar-refractivity contribution < 1.29 is 14.3 Å². The normalized spacial score (nSPS) is 13.2. The SMILES string of the molecule is Cc1ccc(Oc2ccc3nc(NC(=O)C4CC4)cn3n2)cc1NC(=O)c1cc(C)n(C)n1. The predicted octanol–water partition coefficient (Wildman–Crippen LogP) is 3.47. The van der Waals surface area contributed by atoms with Gasteiger partial charge in [0.25, 0.3) is 5.91 Å². The molecular formula is C23H23N7O3. The molecule has 2 N–H and O–H groups in total. The van der Waals surface area contributed by atoms with Gasteiger partial charge >= 0.3 is 0 Å². The van der Waals surface area contributed by atoms with Gasteiger partial charge < -0.3 is 15.4 Å².